The van der Waals surface area contributed by atoms with E-state index < -0.39 is 0 Å². The van der Waals surface area contributed by atoms with E-state index >= 15 is 0 Å². The summed E-state index contributed by atoms with van der Waals surface area (Å²) < 4.78 is 14.4. The highest BCUT2D eigenvalue weighted by Crippen LogP contribution is 2.26. The number of nitrogens with zero attached hydrogens (tertiary/aromatic N) is 2. The molecule has 0 saturated heterocycles. The molecule has 1 heterocycles. The quantitative estimate of drug-likeness (QED) is 0.835. The van der Waals surface area contributed by atoms with E-state index in [2.05, 4.69) is 37.9 Å². The van der Waals surface area contributed by atoms with Crippen LogP contribution >= 0.6 is 22.6 Å². The largest absolute Gasteiger partial charge is 0.372 e. The van der Waals surface area contributed by atoms with Crippen LogP contribution in [0.5, 0.6) is 0 Å². The normalized spacial score (nSPS) is 10.6. The van der Waals surface area contributed by atoms with Crippen molar-refractivity contribution in [1.29, 1.82) is 0 Å². The van der Waals surface area contributed by atoms with Gasteiger partial charge in [0.1, 0.15) is 11.6 Å². The van der Waals surface area contributed by atoms with Crippen LogP contribution in [0.1, 0.15) is 18.2 Å². The number of rotatable bonds is 3. The van der Waals surface area contributed by atoms with Crippen LogP contribution in [-0.4, -0.2) is 17.0 Å². The second-order valence-corrected chi connectivity index (χ2v) is 5.30. The first-order chi connectivity index (χ1) is 9.06. The number of aryl methyl sites for hydroxylation is 2. The minimum Gasteiger partial charge on any atom is -0.372 e. The number of halogens is 2. The van der Waals surface area contributed by atoms with Crippen LogP contribution in [0.15, 0.2) is 18.2 Å². The molecule has 0 amide bonds. The van der Waals surface area contributed by atoms with Crippen LogP contribution < -0.4 is 5.32 Å². The molecule has 100 valence electrons. The molecule has 0 spiro atoms. The molecule has 1 aromatic carbocycles. The molecule has 0 aliphatic rings. The molecule has 5 heteroatoms. The van der Waals surface area contributed by atoms with Crippen molar-refractivity contribution in [2.45, 2.75) is 20.3 Å². The molecule has 1 aromatic heterocycles. The van der Waals surface area contributed by atoms with Gasteiger partial charge in [0.05, 0.1) is 9.26 Å². The molecule has 3 nitrogen and oxygen atoms in total. The molecule has 0 aliphatic heterocycles. The van der Waals surface area contributed by atoms with Gasteiger partial charge in [-0.2, -0.15) is 0 Å². The third-order valence-corrected chi connectivity index (χ3v) is 4.07. The second-order valence-electron chi connectivity index (χ2n) is 4.22. The number of hydrogen-bond acceptors (Lipinski definition) is 3. The van der Waals surface area contributed by atoms with Crippen molar-refractivity contribution in [2.75, 3.05) is 12.4 Å². The van der Waals surface area contributed by atoms with Crippen LogP contribution in [0.3, 0.4) is 0 Å². The van der Waals surface area contributed by atoms with Crippen molar-refractivity contribution >= 4 is 28.4 Å². The minimum atomic E-state index is -0.271. The first-order valence-electron chi connectivity index (χ1n) is 6.07. The Balaban J connectivity index is 2.65. The number of benzene rings is 1. The molecule has 2 aromatic rings. The fourth-order valence-electron chi connectivity index (χ4n) is 1.85. The molecule has 0 unspecified atom stereocenters. The molecule has 0 atom stereocenters. The highest BCUT2D eigenvalue weighted by molar-refractivity contribution is 14.1. The lowest BCUT2D eigenvalue weighted by Crippen LogP contribution is -2.05. The predicted octanol–water partition coefficient (Wildman–Crippen LogP) is 3.80. The lowest BCUT2D eigenvalue weighted by Gasteiger charge is -2.11. The summed E-state index contributed by atoms with van der Waals surface area (Å²) in [5.41, 5.74) is 2.67. The summed E-state index contributed by atoms with van der Waals surface area (Å²) in [4.78, 5) is 9.02. The Morgan fingerprint density at radius 3 is 2.68 bits per heavy atom. The second kappa shape index (κ2) is 5.81. The van der Waals surface area contributed by atoms with Crippen molar-refractivity contribution in [3.8, 4) is 11.4 Å². The van der Waals surface area contributed by atoms with Crippen molar-refractivity contribution in [1.82, 2.24) is 9.97 Å². The van der Waals surface area contributed by atoms with E-state index in [1.165, 1.54) is 12.1 Å². The Morgan fingerprint density at radius 2 is 2.05 bits per heavy atom. The molecular weight excluding hydrogens is 356 g/mol. The number of aromatic nitrogens is 2. The Kier molecular flexibility index (Phi) is 4.34. The van der Waals surface area contributed by atoms with Crippen molar-refractivity contribution in [3.63, 3.8) is 0 Å². The Labute approximate surface area is 125 Å². The first-order valence-corrected chi connectivity index (χ1v) is 7.15. The molecule has 1 N–H and O–H groups in total. The molecule has 0 radical (unpaired) electrons. The molecular formula is C14H15FIN3. The standard InChI is InChI=1S/C14H15FIN3/c1-4-11-12(16)14(17-3)19-13(18-11)10-7-9(15)6-5-8(10)2/h5-7H,4H2,1-3H3,(H,17,18,19). The van der Waals surface area contributed by atoms with Crippen molar-refractivity contribution in [3.05, 3.63) is 38.8 Å². The van der Waals surface area contributed by atoms with Gasteiger partial charge >= 0.3 is 0 Å². The van der Waals surface area contributed by atoms with Crippen molar-refractivity contribution in [2.24, 2.45) is 0 Å². The summed E-state index contributed by atoms with van der Waals surface area (Å²) in [6.07, 6.45) is 0.816. The van der Waals surface area contributed by atoms with Gasteiger partial charge in [-0.05, 0) is 53.6 Å². The van der Waals surface area contributed by atoms with Gasteiger partial charge in [-0.25, -0.2) is 14.4 Å². The van der Waals surface area contributed by atoms with E-state index in [4.69, 9.17) is 0 Å². The van der Waals surface area contributed by atoms with Crippen LogP contribution in [0, 0.1) is 16.3 Å². The van der Waals surface area contributed by atoms with Gasteiger partial charge in [0.25, 0.3) is 0 Å². The van der Waals surface area contributed by atoms with Crippen LogP contribution in [0.25, 0.3) is 11.4 Å². The van der Waals surface area contributed by atoms with Gasteiger partial charge in [0.15, 0.2) is 5.82 Å². The Hall–Kier alpha value is -1.24. The summed E-state index contributed by atoms with van der Waals surface area (Å²) in [5, 5.41) is 3.06. The lowest BCUT2D eigenvalue weighted by molar-refractivity contribution is 0.627. The third-order valence-electron chi connectivity index (χ3n) is 2.93. The SMILES string of the molecule is CCc1nc(-c2cc(F)ccc2C)nc(NC)c1I. The maximum Gasteiger partial charge on any atom is 0.162 e. The smallest absolute Gasteiger partial charge is 0.162 e. The van der Waals surface area contributed by atoms with Crippen LogP contribution in [0.4, 0.5) is 10.2 Å². The summed E-state index contributed by atoms with van der Waals surface area (Å²) in [7, 11) is 1.83. The lowest BCUT2D eigenvalue weighted by atomic mass is 10.1. The highest BCUT2D eigenvalue weighted by Gasteiger charge is 2.13. The van der Waals surface area contributed by atoms with E-state index in [1.54, 1.807) is 6.07 Å². The highest BCUT2D eigenvalue weighted by atomic mass is 127. The maximum atomic E-state index is 13.4. The van der Waals surface area contributed by atoms with E-state index in [0.29, 0.717) is 5.82 Å². The summed E-state index contributed by atoms with van der Waals surface area (Å²) in [6.45, 7) is 3.98. The minimum absolute atomic E-state index is 0.271. The molecule has 19 heavy (non-hydrogen) atoms. The number of anilines is 1. The summed E-state index contributed by atoms with van der Waals surface area (Å²) in [6, 6.07) is 4.68. The van der Waals surface area contributed by atoms with Gasteiger partial charge in [-0.15, -0.1) is 0 Å². The molecule has 0 fully saturated rings. The molecule has 0 bridgehead atoms. The monoisotopic (exact) mass is 371 g/mol. The van der Waals surface area contributed by atoms with Gasteiger partial charge in [-0.1, -0.05) is 13.0 Å². The average molecular weight is 371 g/mol. The topological polar surface area (TPSA) is 37.8 Å². The van der Waals surface area contributed by atoms with E-state index in [9.17, 15) is 4.39 Å². The predicted molar refractivity (Wildman–Crippen MR) is 83.8 cm³/mol. The average Bonchev–Trinajstić information content (AvgIpc) is 2.42. The maximum absolute atomic E-state index is 13.4. The fraction of sp³-hybridized carbons (Fsp3) is 0.286. The van der Waals surface area contributed by atoms with E-state index in [1.807, 2.05) is 20.9 Å². The molecule has 2 rings (SSSR count). The zero-order valence-corrected chi connectivity index (χ0v) is 13.2. The van der Waals surface area contributed by atoms with E-state index in [-0.39, 0.29) is 5.82 Å². The fourth-order valence-corrected chi connectivity index (χ4v) is 2.74. The van der Waals surface area contributed by atoms with Gasteiger partial charge in [0.2, 0.25) is 0 Å². The zero-order chi connectivity index (χ0) is 14.0. The first kappa shape index (κ1) is 14.2. The third kappa shape index (κ3) is 2.86. The summed E-state index contributed by atoms with van der Waals surface area (Å²) >= 11 is 2.23. The van der Waals surface area contributed by atoms with Crippen LogP contribution in [-0.2, 0) is 6.42 Å². The Morgan fingerprint density at radius 1 is 1.32 bits per heavy atom. The Bertz CT molecular complexity index is 589. The van der Waals surface area contributed by atoms with Crippen molar-refractivity contribution < 1.29 is 4.39 Å². The van der Waals surface area contributed by atoms with Gasteiger partial charge < -0.3 is 5.32 Å². The number of nitrogens with one attached hydrogen (secondary N) is 1. The van der Waals surface area contributed by atoms with Gasteiger partial charge in [0, 0.05) is 12.6 Å². The van der Waals surface area contributed by atoms with Crippen LogP contribution in [0.2, 0.25) is 0 Å². The molecule has 0 saturated carbocycles. The summed E-state index contributed by atoms with van der Waals surface area (Å²) in [5.74, 6) is 1.08. The number of hydrogen-bond donors (Lipinski definition) is 1. The van der Waals surface area contributed by atoms with E-state index in [0.717, 1.165) is 32.6 Å². The molecule has 0 aliphatic carbocycles. The zero-order valence-electron chi connectivity index (χ0n) is 11.1. The van der Waals surface area contributed by atoms with Gasteiger partial charge in [-0.3, -0.25) is 0 Å².